The Morgan fingerprint density at radius 1 is 1.38 bits per heavy atom. The molecule has 7 N–H and O–H groups in total. The van der Waals surface area contributed by atoms with Gasteiger partial charge in [0, 0.05) is 22.1 Å². The normalized spacial score (nSPS) is 19.2. The number of nitrogen functional groups attached to an aromatic ring is 1. The fraction of sp³-hybridized carbons (Fsp3) is 0.190. The molecule has 0 radical (unpaired) electrons. The van der Waals surface area contributed by atoms with Crippen LogP contribution >= 0.6 is 11.6 Å². The van der Waals surface area contributed by atoms with Crippen LogP contribution in [0.25, 0.3) is 0 Å². The van der Waals surface area contributed by atoms with E-state index < -0.39 is 18.0 Å². The predicted octanol–water partition coefficient (Wildman–Crippen LogP) is 1.74. The Kier molecular flexibility index (Phi) is 6.19. The molecule has 7 nitrogen and oxygen atoms in total. The molecule has 0 aromatic heterocycles. The van der Waals surface area contributed by atoms with Gasteiger partial charge in [-0.1, -0.05) is 29.8 Å². The standard InChI is InChI=1S/C21H22ClN5O2/c1-12-18(20(28)26-15-7-8-17(24)14(10-15)11-23)19(27-21(29)25-12)16(22)9-13-5-3-2-4-6-13/h3,5-11,19,23H,2,4,24H2,1H3,(H,26,28)(H2,25,27,29)/p+1. The van der Waals surface area contributed by atoms with E-state index in [1.165, 1.54) is 6.21 Å². The molecule has 0 saturated heterocycles. The van der Waals surface area contributed by atoms with E-state index in [-0.39, 0.29) is 0 Å². The topological polar surface area (TPSA) is 122 Å². The minimum Gasteiger partial charge on any atom is -0.398 e. The molecule has 29 heavy (non-hydrogen) atoms. The molecular weight excluding hydrogens is 390 g/mol. The first-order valence-electron chi connectivity index (χ1n) is 9.17. The van der Waals surface area contributed by atoms with Gasteiger partial charge in [0.1, 0.15) is 0 Å². The first-order chi connectivity index (χ1) is 13.9. The number of anilines is 2. The Morgan fingerprint density at radius 3 is 2.86 bits per heavy atom. The smallest absolute Gasteiger partial charge is 0.319 e. The summed E-state index contributed by atoms with van der Waals surface area (Å²) in [5, 5.41) is 14.1. The average Bonchev–Trinajstić information content (AvgIpc) is 2.69. The van der Waals surface area contributed by atoms with Crippen molar-refractivity contribution in [3.05, 3.63) is 69.9 Å². The summed E-state index contributed by atoms with van der Waals surface area (Å²) in [7, 11) is 0. The van der Waals surface area contributed by atoms with Gasteiger partial charge in [0.2, 0.25) is 0 Å². The fourth-order valence-corrected chi connectivity index (χ4v) is 3.47. The maximum Gasteiger partial charge on any atom is 0.319 e. The van der Waals surface area contributed by atoms with Crippen LogP contribution < -0.4 is 27.1 Å². The van der Waals surface area contributed by atoms with Crippen molar-refractivity contribution >= 4 is 41.1 Å². The minimum atomic E-state index is -0.768. The van der Waals surface area contributed by atoms with Crippen LogP contribution in [0.2, 0.25) is 0 Å². The number of carbonyl (C=O) groups excluding carboxylic acids is 2. The molecule has 1 aliphatic heterocycles. The SMILES string of the molecule is CC1=C(C(=O)Nc2ccc(N)c(C=[NH2+])c2)C(C(Cl)=CC2=CCCC=C2)NC(=O)N1. The van der Waals surface area contributed by atoms with Crippen molar-refractivity contribution in [1.29, 1.82) is 0 Å². The van der Waals surface area contributed by atoms with Crippen LogP contribution in [0, 0.1) is 0 Å². The van der Waals surface area contributed by atoms with Gasteiger partial charge in [-0.05, 0) is 49.6 Å². The molecule has 8 heteroatoms. The molecule has 1 aromatic rings. The predicted molar refractivity (Wildman–Crippen MR) is 115 cm³/mol. The largest absolute Gasteiger partial charge is 0.398 e. The number of nitrogens with two attached hydrogens (primary N) is 2. The van der Waals surface area contributed by atoms with Crippen LogP contribution in [-0.4, -0.2) is 24.2 Å². The second kappa shape index (κ2) is 8.79. The van der Waals surface area contributed by atoms with Crippen LogP contribution in [0.3, 0.4) is 0 Å². The Labute approximate surface area is 173 Å². The summed E-state index contributed by atoms with van der Waals surface area (Å²) < 4.78 is 0. The second-order valence-corrected chi connectivity index (χ2v) is 7.18. The van der Waals surface area contributed by atoms with Gasteiger partial charge in [-0.15, -0.1) is 0 Å². The number of rotatable bonds is 5. The molecule has 1 atom stereocenters. The number of allylic oxidation sites excluding steroid dienone is 6. The summed E-state index contributed by atoms with van der Waals surface area (Å²) in [6, 6.07) is 3.81. The third-order valence-electron chi connectivity index (χ3n) is 4.64. The maximum absolute atomic E-state index is 13.0. The lowest BCUT2D eigenvalue weighted by Crippen LogP contribution is -2.50. The molecule has 1 aromatic carbocycles. The van der Waals surface area contributed by atoms with E-state index in [2.05, 4.69) is 28.1 Å². The summed E-state index contributed by atoms with van der Waals surface area (Å²) in [5.74, 6) is -0.396. The van der Waals surface area contributed by atoms with Gasteiger partial charge in [0.15, 0.2) is 6.21 Å². The molecule has 0 saturated carbocycles. The quantitative estimate of drug-likeness (QED) is 0.374. The van der Waals surface area contributed by atoms with Crippen molar-refractivity contribution in [1.82, 2.24) is 10.6 Å². The lowest BCUT2D eigenvalue weighted by molar-refractivity contribution is -0.113. The Hall–Kier alpha value is -3.32. The average molecular weight is 413 g/mol. The van der Waals surface area contributed by atoms with Gasteiger partial charge in [-0.25, -0.2) is 4.79 Å². The van der Waals surface area contributed by atoms with E-state index >= 15 is 0 Å². The highest BCUT2D eigenvalue weighted by molar-refractivity contribution is 6.31. The fourth-order valence-electron chi connectivity index (χ4n) is 3.18. The molecule has 0 bridgehead atoms. The van der Waals surface area contributed by atoms with Crippen molar-refractivity contribution < 1.29 is 15.0 Å². The number of hydrogen-bond donors (Lipinski definition) is 5. The number of halogens is 1. The number of hydrogen-bond acceptors (Lipinski definition) is 3. The van der Waals surface area contributed by atoms with Gasteiger partial charge in [0.05, 0.1) is 17.2 Å². The zero-order chi connectivity index (χ0) is 21.0. The van der Waals surface area contributed by atoms with Crippen molar-refractivity contribution in [2.45, 2.75) is 25.8 Å². The molecule has 0 fully saturated rings. The molecule has 1 unspecified atom stereocenters. The monoisotopic (exact) mass is 412 g/mol. The zero-order valence-electron chi connectivity index (χ0n) is 16.0. The third-order valence-corrected chi connectivity index (χ3v) is 4.97. The highest BCUT2D eigenvalue weighted by Gasteiger charge is 2.32. The number of nitrogens with one attached hydrogen (secondary N) is 3. The van der Waals surface area contributed by atoms with Crippen LogP contribution in [0.15, 0.2) is 64.4 Å². The first-order valence-corrected chi connectivity index (χ1v) is 9.54. The summed E-state index contributed by atoms with van der Waals surface area (Å²) in [6.07, 6.45) is 11.1. The highest BCUT2D eigenvalue weighted by atomic mass is 35.5. The number of urea groups is 1. The van der Waals surface area contributed by atoms with Crippen LogP contribution in [0.1, 0.15) is 25.3 Å². The Balaban J connectivity index is 1.90. The van der Waals surface area contributed by atoms with Crippen LogP contribution in [-0.2, 0) is 4.79 Å². The van der Waals surface area contributed by atoms with Gasteiger partial charge < -0.3 is 21.7 Å². The van der Waals surface area contributed by atoms with Crippen LogP contribution in [0.4, 0.5) is 16.2 Å². The van der Waals surface area contributed by atoms with Crippen LogP contribution in [0.5, 0.6) is 0 Å². The molecule has 150 valence electrons. The van der Waals surface area contributed by atoms with Crippen molar-refractivity contribution in [3.63, 3.8) is 0 Å². The maximum atomic E-state index is 13.0. The summed E-state index contributed by atoms with van der Waals surface area (Å²) in [5.41, 5.74) is 9.16. The zero-order valence-corrected chi connectivity index (χ0v) is 16.7. The lowest BCUT2D eigenvalue weighted by Gasteiger charge is -2.28. The highest BCUT2D eigenvalue weighted by Crippen LogP contribution is 2.26. The second-order valence-electron chi connectivity index (χ2n) is 6.75. The van der Waals surface area contributed by atoms with Gasteiger partial charge in [-0.2, -0.15) is 0 Å². The molecule has 0 spiro atoms. The van der Waals surface area contributed by atoms with Crippen molar-refractivity contribution in [2.75, 3.05) is 11.1 Å². The van der Waals surface area contributed by atoms with Gasteiger partial charge >= 0.3 is 6.03 Å². The van der Waals surface area contributed by atoms with E-state index in [4.69, 9.17) is 22.7 Å². The van der Waals surface area contributed by atoms with E-state index in [1.54, 1.807) is 31.2 Å². The summed E-state index contributed by atoms with van der Waals surface area (Å²) >= 11 is 6.53. The molecule has 1 aliphatic carbocycles. The summed E-state index contributed by atoms with van der Waals surface area (Å²) in [6.45, 7) is 1.66. The number of benzene rings is 1. The van der Waals surface area contributed by atoms with Gasteiger partial charge in [0.25, 0.3) is 5.91 Å². The third kappa shape index (κ3) is 4.75. The number of amides is 3. The van der Waals surface area contributed by atoms with E-state index in [0.29, 0.717) is 33.2 Å². The van der Waals surface area contributed by atoms with E-state index in [1.807, 2.05) is 6.08 Å². The molecule has 1 heterocycles. The summed E-state index contributed by atoms with van der Waals surface area (Å²) in [4.78, 5) is 25.0. The molecule has 3 amide bonds. The molecule has 2 aliphatic rings. The lowest BCUT2D eigenvalue weighted by atomic mass is 9.99. The number of carbonyl (C=O) groups is 2. The molecule has 3 rings (SSSR count). The van der Waals surface area contributed by atoms with E-state index in [0.717, 1.165) is 18.4 Å². The minimum absolute atomic E-state index is 0.321. The van der Waals surface area contributed by atoms with Crippen molar-refractivity contribution in [2.24, 2.45) is 0 Å². The Bertz CT molecular complexity index is 991. The van der Waals surface area contributed by atoms with Crippen molar-refractivity contribution in [3.8, 4) is 0 Å². The molecular formula is C21H23ClN5O2+. The first kappa shape index (κ1) is 20.4. The Morgan fingerprint density at radius 2 is 2.17 bits per heavy atom. The van der Waals surface area contributed by atoms with E-state index in [9.17, 15) is 9.59 Å². The van der Waals surface area contributed by atoms with Gasteiger partial charge in [-0.3, -0.25) is 10.2 Å².